The zero-order valence-corrected chi connectivity index (χ0v) is 16.4. The van der Waals surface area contributed by atoms with E-state index in [2.05, 4.69) is 0 Å². The molecule has 2 amide bonds. The van der Waals surface area contributed by atoms with Crippen molar-refractivity contribution in [1.29, 1.82) is 0 Å². The van der Waals surface area contributed by atoms with Crippen molar-refractivity contribution in [2.24, 2.45) is 0 Å². The Morgan fingerprint density at radius 1 is 0.966 bits per heavy atom. The van der Waals surface area contributed by atoms with Crippen LogP contribution in [0.5, 0.6) is 0 Å². The van der Waals surface area contributed by atoms with Gasteiger partial charge < -0.3 is 14.9 Å². The van der Waals surface area contributed by atoms with Crippen LogP contribution in [0.25, 0.3) is 0 Å². The van der Waals surface area contributed by atoms with Crippen molar-refractivity contribution in [3.63, 3.8) is 0 Å². The lowest BCUT2D eigenvalue weighted by molar-refractivity contribution is -0.152. The SMILES string of the molecule is CC(=O)N1CCc2ccccc2[C@@H]1CC(=O)N1Cc2ccccc2C[C@@H]1C(=O)O. The van der Waals surface area contributed by atoms with Crippen LogP contribution in [-0.2, 0) is 33.8 Å². The molecule has 1 N–H and O–H groups in total. The summed E-state index contributed by atoms with van der Waals surface area (Å²) in [6.07, 6.45) is 1.15. The molecule has 2 atom stereocenters. The third kappa shape index (κ3) is 3.62. The molecule has 2 aromatic rings. The first-order valence-corrected chi connectivity index (χ1v) is 9.89. The second kappa shape index (κ2) is 7.70. The van der Waals surface area contributed by atoms with Crippen molar-refractivity contribution in [3.8, 4) is 0 Å². The molecule has 0 saturated heterocycles. The zero-order chi connectivity index (χ0) is 20.5. The normalized spacial score (nSPS) is 20.6. The van der Waals surface area contributed by atoms with E-state index in [9.17, 15) is 19.5 Å². The molecule has 0 aliphatic carbocycles. The van der Waals surface area contributed by atoms with Crippen LogP contribution < -0.4 is 0 Å². The van der Waals surface area contributed by atoms with Gasteiger partial charge in [0.2, 0.25) is 11.8 Å². The van der Waals surface area contributed by atoms with Crippen LogP contribution in [0.4, 0.5) is 0 Å². The summed E-state index contributed by atoms with van der Waals surface area (Å²) >= 11 is 0. The van der Waals surface area contributed by atoms with Crippen molar-refractivity contribution in [2.45, 2.75) is 44.8 Å². The van der Waals surface area contributed by atoms with E-state index in [1.54, 1.807) is 4.90 Å². The smallest absolute Gasteiger partial charge is 0.326 e. The first kappa shape index (κ1) is 19.2. The van der Waals surface area contributed by atoms with E-state index in [1.165, 1.54) is 11.8 Å². The Hall–Kier alpha value is -3.15. The Kier molecular flexibility index (Phi) is 5.09. The number of hydrogen-bond donors (Lipinski definition) is 1. The molecule has 2 aromatic carbocycles. The molecule has 4 rings (SSSR count). The van der Waals surface area contributed by atoms with Crippen molar-refractivity contribution < 1.29 is 19.5 Å². The van der Waals surface area contributed by atoms with Crippen molar-refractivity contribution in [2.75, 3.05) is 6.54 Å². The minimum atomic E-state index is -1.000. The van der Waals surface area contributed by atoms with Crippen molar-refractivity contribution in [3.05, 3.63) is 70.8 Å². The summed E-state index contributed by atoms with van der Waals surface area (Å²) in [4.78, 5) is 40.6. The van der Waals surface area contributed by atoms with Crippen LogP contribution in [0, 0.1) is 0 Å². The van der Waals surface area contributed by atoms with Gasteiger partial charge >= 0.3 is 5.97 Å². The van der Waals surface area contributed by atoms with Gasteiger partial charge in [-0.2, -0.15) is 0 Å². The molecule has 2 aliphatic rings. The second-order valence-corrected chi connectivity index (χ2v) is 7.73. The lowest BCUT2D eigenvalue weighted by Gasteiger charge is -2.39. The van der Waals surface area contributed by atoms with E-state index in [4.69, 9.17) is 0 Å². The number of benzene rings is 2. The third-order valence-corrected chi connectivity index (χ3v) is 6.04. The summed E-state index contributed by atoms with van der Waals surface area (Å²) in [5.41, 5.74) is 4.07. The maximum absolute atomic E-state index is 13.3. The average molecular weight is 392 g/mol. The van der Waals surface area contributed by atoms with E-state index in [1.807, 2.05) is 48.5 Å². The highest BCUT2D eigenvalue weighted by Crippen LogP contribution is 2.34. The fraction of sp³-hybridized carbons (Fsp3) is 0.348. The van der Waals surface area contributed by atoms with Gasteiger partial charge in [0.15, 0.2) is 0 Å². The van der Waals surface area contributed by atoms with Gasteiger partial charge in [0.1, 0.15) is 6.04 Å². The number of carbonyl (C=O) groups is 3. The van der Waals surface area contributed by atoms with E-state index < -0.39 is 12.0 Å². The third-order valence-electron chi connectivity index (χ3n) is 6.04. The summed E-state index contributed by atoms with van der Waals surface area (Å²) in [5, 5.41) is 9.73. The number of carboxylic acids is 1. The Balaban J connectivity index is 1.63. The molecular formula is C23H24N2O4. The van der Waals surface area contributed by atoms with Crippen LogP contribution in [0.1, 0.15) is 41.6 Å². The summed E-state index contributed by atoms with van der Waals surface area (Å²) in [5.74, 6) is -1.31. The number of rotatable bonds is 3. The first-order chi connectivity index (χ1) is 14.0. The number of fused-ring (bicyclic) bond motifs is 2. The minimum absolute atomic E-state index is 0.0731. The Bertz CT molecular complexity index is 971. The molecule has 0 fully saturated rings. The Morgan fingerprint density at radius 3 is 2.31 bits per heavy atom. The number of aliphatic carboxylic acids is 1. The predicted molar refractivity (Wildman–Crippen MR) is 107 cm³/mol. The summed E-state index contributed by atoms with van der Waals surface area (Å²) in [7, 11) is 0. The molecule has 6 nitrogen and oxygen atoms in total. The van der Waals surface area contributed by atoms with Crippen LogP contribution in [0.2, 0.25) is 0 Å². The molecule has 0 radical (unpaired) electrons. The summed E-state index contributed by atoms with van der Waals surface area (Å²) in [6, 6.07) is 14.3. The van der Waals surface area contributed by atoms with Gasteiger partial charge in [-0.05, 0) is 28.7 Å². The van der Waals surface area contributed by atoms with Gasteiger partial charge in [0.05, 0.1) is 12.5 Å². The van der Waals surface area contributed by atoms with Gasteiger partial charge in [-0.25, -0.2) is 4.79 Å². The number of amides is 2. The standard InChI is InChI=1S/C23H24N2O4/c1-15(26)24-11-10-16-6-4-5-9-19(16)20(24)13-22(27)25-14-18-8-3-2-7-17(18)12-21(25)23(28)29/h2-9,20-21H,10-14H2,1H3,(H,28,29)/t20-,21+/m0/s1. The van der Waals surface area contributed by atoms with Crippen LogP contribution in [-0.4, -0.2) is 45.3 Å². The van der Waals surface area contributed by atoms with Gasteiger partial charge in [-0.1, -0.05) is 48.5 Å². The van der Waals surface area contributed by atoms with Crippen molar-refractivity contribution >= 4 is 17.8 Å². The maximum atomic E-state index is 13.3. The lowest BCUT2D eigenvalue weighted by Crippen LogP contribution is -2.50. The first-order valence-electron chi connectivity index (χ1n) is 9.89. The average Bonchev–Trinajstić information content (AvgIpc) is 2.72. The molecule has 6 heteroatoms. The van der Waals surface area contributed by atoms with Crippen LogP contribution in [0.15, 0.2) is 48.5 Å². The largest absolute Gasteiger partial charge is 0.480 e. The Labute approximate surface area is 169 Å². The summed E-state index contributed by atoms with van der Waals surface area (Å²) in [6.45, 7) is 2.36. The molecule has 0 bridgehead atoms. The van der Waals surface area contributed by atoms with E-state index >= 15 is 0 Å². The molecule has 29 heavy (non-hydrogen) atoms. The van der Waals surface area contributed by atoms with E-state index in [0.717, 1.165) is 28.7 Å². The van der Waals surface area contributed by atoms with Crippen LogP contribution >= 0.6 is 0 Å². The van der Waals surface area contributed by atoms with Crippen molar-refractivity contribution in [1.82, 2.24) is 9.80 Å². The molecule has 0 aromatic heterocycles. The molecule has 0 saturated carbocycles. The molecular weight excluding hydrogens is 368 g/mol. The highest BCUT2D eigenvalue weighted by atomic mass is 16.4. The quantitative estimate of drug-likeness (QED) is 0.871. The van der Waals surface area contributed by atoms with Gasteiger partial charge in [-0.15, -0.1) is 0 Å². The van der Waals surface area contributed by atoms with Crippen LogP contribution in [0.3, 0.4) is 0 Å². The van der Waals surface area contributed by atoms with E-state index in [-0.39, 0.29) is 30.8 Å². The van der Waals surface area contributed by atoms with Gasteiger partial charge in [0.25, 0.3) is 0 Å². The van der Waals surface area contributed by atoms with E-state index in [0.29, 0.717) is 13.0 Å². The fourth-order valence-corrected chi connectivity index (χ4v) is 4.54. The molecule has 0 unspecified atom stereocenters. The number of nitrogens with zero attached hydrogens (tertiary/aromatic N) is 2. The number of carboxylic acid groups (broad SMARTS) is 1. The monoisotopic (exact) mass is 392 g/mol. The minimum Gasteiger partial charge on any atom is -0.480 e. The predicted octanol–water partition coefficient (Wildman–Crippen LogP) is 2.56. The zero-order valence-electron chi connectivity index (χ0n) is 16.4. The molecule has 150 valence electrons. The second-order valence-electron chi connectivity index (χ2n) is 7.73. The molecule has 0 spiro atoms. The van der Waals surface area contributed by atoms with Gasteiger partial charge in [-0.3, -0.25) is 9.59 Å². The Morgan fingerprint density at radius 2 is 1.62 bits per heavy atom. The molecule has 2 aliphatic heterocycles. The van der Waals surface area contributed by atoms with Gasteiger partial charge in [0, 0.05) is 26.4 Å². The summed E-state index contributed by atoms with van der Waals surface area (Å²) < 4.78 is 0. The highest BCUT2D eigenvalue weighted by Gasteiger charge is 2.37. The topological polar surface area (TPSA) is 77.9 Å². The number of hydrogen-bond acceptors (Lipinski definition) is 3. The molecule has 2 heterocycles. The lowest BCUT2D eigenvalue weighted by atomic mass is 9.89. The number of carbonyl (C=O) groups excluding carboxylic acids is 2. The fourth-order valence-electron chi connectivity index (χ4n) is 4.54. The maximum Gasteiger partial charge on any atom is 0.326 e. The highest BCUT2D eigenvalue weighted by molar-refractivity contribution is 5.85.